The monoisotopic (exact) mass is 982 g/mol. The first-order chi connectivity index (χ1) is 33.6. The molecule has 0 spiro atoms. The summed E-state index contributed by atoms with van der Waals surface area (Å²) in [5.41, 5.74) is 0. The van der Waals surface area contributed by atoms with Crippen molar-refractivity contribution in [1.82, 2.24) is 5.32 Å². The molecular weight excluding hydrogens is 883 g/mol. The van der Waals surface area contributed by atoms with Crippen molar-refractivity contribution in [2.24, 2.45) is 0 Å². The Kier molecular flexibility index (Phi) is 37.9. The molecule has 0 aromatic heterocycles. The van der Waals surface area contributed by atoms with Crippen LogP contribution in [0, 0.1) is 0 Å². The second-order valence-corrected chi connectivity index (χ2v) is 19.4. The van der Waals surface area contributed by atoms with Gasteiger partial charge in [-0.1, -0.05) is 184 Å². The van der Waals surface area contributed by atoms with Gasteiger partial charge in [-0.25, -0.2) is 0 Å². The fraction of sp³-hybridized carbons (Fsp3) is 0.836. The van der Waals surface area contributed by atoms with Crippen molar-refractivity contribution >= 4 is 5.91 Å². The topological polar surface area (TPSA) is 228 Å². The highest BCUT2D eigenvalue weighted by molar-refractivity contribution is 5.76. The van der Waals surface area contributed by atoms with Crippen molar-refractivity contribution in [3.8, 4) is 0 Å². The Morgan fingerprint density at radius 2 is 0.957 bits per heavy atom. The molecule has 1 amide bonds. The number of nitrogens with one attached hydrogen (secondary N) is 1. The first-order valence-corrected chi connectivity index (χ1v) is 27.4. The van der Waals surface area contributed by atoms with Gasteiger partial charge < -0.3 is 65.1 Å². The van der Waals surface area contributed by atoms with E-state index in [2.05, 4.69) is 55.6 Å². The molecule has 2 aliphatic heterocycles. The molecule has 2 rings (SSSR count). The van der Waals surface area contributed by atoms with Crippen LogP contribution in [0.4, 0.5) is 0 Å². The zero-order valence-corrected chi connectivity index (χ0v) is 42.8. The van der Waals surface area contributed by atoms with Crippen LogP contribution in [0.3, 0.4) is 0 Å². The molecule has 9 N–H and O–H groups in total. The highest BCUT2D eigenvalue weighted by atomic mass is 16.7. The van der Waals surface area contributed by atoms with Crippen LogP contribution in [0.1, 0.15) is 200 Å². The number of amides is 1. The molecule has 69 heavy (non-hydrogen) atoms. The minimum atomic E-state index is -1.79. The molecule has 12 unspecified atom stereocenters. The van der Waals surface area contributed by atoms with E-state index in [1.807, 2.05) is 6.08 Å². The van der Waals surface area contributed by atoms with E-state index >= 15 is 0 Å². The molecule has 12 atom stereocenters. The van der Waals surface area contributed by atoms with E-state index in [4.69, 9.17) is 18.9 Å². The molecule has 0 aromatic rings. The Morgan fingerprint density at radius 3 is 1.46 bits per heavy atom. The molecule has 2 fully saturated rings. The second kappa shape index (κ2) is 41.4. The van der Waals surface area contributed by atoms with Crippen molar-refractivity contribution in [1.29, 1.82) is 0 Å². The SMILES string of the molecule is CCCCCCC/C=C\C/C=C\C/C=C\CCCCCCCCC(=O)NC(COC1OC(CO)C(OC2OC(CO)C(O)C(O)C2O)C(O)C1O)C(O)/C=C/CCCCCCCCCCCCCC. The number of hydrogen-bond donors (Lipinski definition) is 9. The van der Waals surface area contributed by atoms with Crippen LogP contribution in [0.15, 0.2) is 48.6 Å². The average Bonchev–Trinajstić information content (AvgIpc) is 3.35. The second-order valence-electron chi connectivity index (χ2n) is 19.4. The van der Waals surface area contributed by atoms with Crippen LogP contribution in [0.5, 0.6) is 0 Å². The standard InChI is InChI=1S/C55H99NO13/c1-3-5-7-9-11-13-15-17-19-20-21-22-23-24-25-27-29-31-33-35-37-39-47(60)56-43(44(59)38-36-34-32-30-28-26-18-16-14-12-10-8-6-4-2)42-66-54-52(65)50(63)53(46(41-58)68-54)69-55-51(64)49(62)48(61)45(40-57)67-55/h15,17,20-21,23-24,36,38,43-46,48-55,57-59,61-65H,3-14,16,18-19,22,25-35,37,39-42H2,1-2H3,(H,56,60)/b17-15-,21-20-,24-23-,38-36+. The third kappa shape index (κ3) is 28.1. The Morgan fingerprint density at radius 1 is 0.522 bits per heavy atom. The minimum absolute atomic E-state index is 0.253. The number of rotatable bonds is 42. The molecule has 0 bridgehead atoms. The number of ether oxygens (including phenoxy) is 4. The predicted octanol–water partition coefficient (Wildman–Crippen LogP) is 8.05. The third-order valence-corrected chi connectivity index (χ3v) is 13.3. The Balaban J connectivity index is 1.81. The van der Waals surface area contributed by atoms with Crippen LogP contribution >= 0.6 is 0 Å². The van der Waals surface area contributed by atoms with E-state index in [1.54, 1.807) is 6.08 Å². The first-order valence-electron chi connectivity index (χ1n) is 27.4. The molecule has 402 valence electrons. The lowest BCUT2D eigenvalue weighted by Gasteiger charge is -2.46. The van der Waals surface area contributed by atoms with Gasteiger partial charge in [0.2, 0.25) is 5.91 Å². The van der Waals surface area contributed by atoms with Gasteiger partial charge in [-0.3, -0.25) is 4.79 Å². The van der Waals surface area contributed by atoms with Gasteiger partial charge in [-0.15, -0.1) is 0 Å². The lowest BCUT2D eigenvalue weighted by molar-refractivity contribution is -0.359. The molecule has 2 aliphatic rings. The fourth-order valence-corrected chi connectivity index (χ4v) is 8.77. The minimum Gasteiger partial charge on any atom is -0.394 e. The Labute approximate surface area is 416 Å². The van der Waals surface area contributed by atoms with Gasteiger partial charge in [0.25, 0.3) is 0 Å². The number of aliphatic hydroxyl groups excluding tert-OH is 8. The predicted molar refractivity (Wildman–Crippen MR) is 272 cm³/mol. The molecule has 14 nitrogen and oxygen atoms in total. The summed E-state index contributed by atoms with van der Waals surface area (Å²) < 4.78 is 22.7. The Bertz CT molecular complexity index is 1340. The summed E-state index contributed by atoms with van der Waals surface area (Å²) in [6.07, 6.45) is 32.8. The first kappa shape index (κ1) is 63.1. The van der Waals surface area contributed by atoms with Crippen molar-refractivity contribution in [2.75, 3.05) is 19.8 Å². The summed E-state index contributed by atoms with van der Waals surface area (Å²) in [5.74, 6) is -0.253. The summed E-state index contributed by atoms with van der Waals surface area (Å²) in [7, 11) is 0. The van der Waals surface area contributed by atoms with Gasteiger partial charge >= 0.3 is 0 Å². The number of aliphatic hydroxyl groups is 8. The highest BCUT2D eigenvalue weighted by Gasteiger charge is 2.51. The van der Waals surface area contributed by atoms with Gasteiger partial charge in [0, 0.05) is 6.42 Å². The van der Waals surface area contributed by atoms with Crippen LogP contribution in [-0.4, -0.2) is 140 Å². The number of unbranched alkanes of at least 4 members (excludes halogenated alkanes) is 23. The summed E-state index contributed by atoms with van der Waals surface area (Å²) in [6.45, 7) is 2.76. The third-order valence-electron chi connectivity index (χ3n) is 13.3. The number of hydrogen-bond acceptors (Lipinski definition) is 13. The highest BCUT2D eigenvalue weighted by Crippen LogP contribution is 2.30. The quantitative estimate of drug-likeness (QED) is 0.0209. The molecule has 2 saturated heterocycles. The lowest BCUT2D eigenvalue weighted by Crippen LogP contribution is -2.65. The summed E-state index contributed by atoms with van der Waals surface area (Å²) in [5, 5.41) is 86.9. The normalized spacial score (nSPS) is 26.5. The van der Waals surface area contributed by atoms with Gasteiger partial charge in [0.05, 0.1) is 32.0 Å². The maximum Gasteiger partial charge on any atom is 0.220 e. The summed E-state index contributed by atoms with van der Waals surface area (Å²) in [4.78, 5) is 13.2. The van der Waals surface area contributed by atoms with E-state index < -0.39 is 86.8 Å². The molecule has 0 saturated carbocycles. The van der Waals surface area contributed by atoms with Crippen molar-refractivity contribution in [3.63, 3.8) is 0 Å². The molecule has 0 aliphatic carbocycles. The van der Waals surface area contributed by atoms with E-state index in [9.17, 15) is 45.6 Å². The maximum absolute atomic E-state index is 13.2. The molecule has 0 radical (unpaired) electrons. The van der Waals surface area contributed by atoms with Crippen molar-refractivity contribution in [3.05, 3.63) is 48.6 Å². The average molecular weight is 982 g/mol. The van der Waals surface area contributed by atoms with Crippen molar-refractivity contribution < 1.29 is 64.6 Å². The van der Waals surface area contributed by atoms with Crippen LogP contribution in [0.25, 0.3) is 0 Å². The largest absolute Gasteiger partial charge is 0.394 e. The summed E-state index contributed by atoms with van der Waals surface area (Å²) >= 11 is 0. The van der Waals surface area contributed by atoms with E-state index in [1.165, 1.54) is 103 Å². The van der Waals surface area contributed by atoms with E-state index in [0.29, 0.717) is 6.42 Å². The molecule has 0 aromatic carbocycles. The summed E-state index contributed by atoms with van der Waals surface area (Å²) in [6, 6.07) is -0.922. The number of allylic oxidation sites excluding steroid dienone is 7. The molecule has 14 heteroatoms. The maximum atomic E-state index is 13.2. The van der Waals surface area contributed by atoms with E-state index in [-0.39, 0.29) is 18.9 Å². The zero-order chi connectivity index (χ0) is 50.3. The number of carbonyl (C=O) groups is 1. The lowest BCUT2D eigenvalue weighted by atomic mass is 9.97. The van der Waals surface area contributed by atoms with Gasteiger partial charge in [-0.05, 0) is 57.8 Å². The Hall–Kier alpha value is -2.05. The van der Waals surface area contributed by atoms with Crippen molar-refractivity contribution in [2.45, 2.75) is 274 Å². The fourth-order valence-electron chi connectivity index (χ4n) is 8.77. The zero-order valence-electron chi connectivity index (χ0n) is 42.8. The number of carbonyl (C=O) groups excluding carboxylic acids is 1. The van der Waals surface area contributed by atoms with Gasteiger partial charge in [0.15, 0.2) is 12.6 Å². The molecular formula is C55H99NO13. The molecule has 2 heterocycles. The van der Waals surface area contributed by atoms with E-state index in [0.717, 1.165) is 70.6 Å². The van der Waals surface area contributed by atoms with Crippen LogP contribution in [-0.2, 0) is 23.7 Å². The van der Waals surface area contributed by atoms with Crippen LogP contribution in [0.2, 0.25) is 0 Å². The smallest absolute Gasteiger partial charge is 0.220 e. The van der Waals surface area contributed by atoms with Crippen LogP contribution < -0.4 is 5.32 Å². The van der Waals surface area contributed by atoms with Gasteiger partial charge in [0.1, 0.15) is 48.8 Å². The van der Waals surface area contributed by atoms with Gasteiger partial charge in [-0.2, -0.15) is 0 Å².